The SMILES string of the molecule is CCOC(=O)c1cc(N)cnc1NCC1(CC)CCC1. The third-order valence-corrected chi connectivity index (χ3v) is 4.20. The van der Waals surface area contributed by atoms with Crippen LogP contribution in [0.2, 0.25) is 0 Å². The number of aromatic nitrogens is 1. The number of carbonyl (C=O) groups is 1. The molecule has 1 aromatic rings. The standard InChI is InChI=1S/C15H23N3O2/c1-3-15(6-5-7-15)10-18-13-12(14(19)20-4-2)8-11(16)9-17-13/h8-9H,3-7,10,16H2,1-2H3,(H,17,18). The van der Waals surface area contributed by atoms with Gasteiger partial charge in [-0.15, -0.1) is 0 Å². The molecule has 5 nitrogen and oxygen atoms in total. The van der Waals surface area contributed by atoms with Crippen molar-refractivity contribution < 1.29 is 9.53 Å². The van der Waals surface area contributed by atoms with E-state index in [0.717, 1.165) is 13.0 Å². The summed E-state index contributed by atoms with van der Waals surface area (Å²) in [4.78, 5) is 16.2. The van der Waals surface area contributed by atoms with Crippen LogP contribution in [-0.2, 0) is 4.74 Å². The zero-order chi connectivity index (χ0) is 14.6. The highest BCUT2D eigenvalue weighted by molar-refractivity contribution is 5.95. The summed E-state index contributed by atoms with van der Waals surface area (Å²) < 4.78 is 5.05. The summed E-state index contributed by atoms with van der Waals surface area (Å²) in [7, 11) is 0. The maximum absolute atomic E-state index is 11.9. The first kappa shape index (κ1) is 14.6. The number of nitrogens with one attached hydrogen (secondary N) is 1. The maximum atomic E-state index is 11.9. The van der Waals surface area contributed by atoms with E-state index in [2.05, 4.69) is 17.2 Å². The maximum Gasteiger partial charge on any atom is 0.341 e. The summed E-state index contributed by atoms with van der Waals surface area (Å²) in [6.45, 7) is 5.17. The lowest BCUT2D eigenvalue weighted by Crippen LogP contribution is -2.36. The van der Waals surface area contributed by atoms with Gasteiger partial charge in [-0.3, -0.25) is 0 Å². The number of hydrogen-bond donors (Lipinski definition) is 2. The fraction of sp³-hybridized carbons (Fsp3) is 0.600. The zero-order valence-corrected chi connectivity index (χ0v) is 12.2. The normalized spacial score (nSPS) is 16.3. The Morgan fingerprint density at radius 3 is 2.80 bits per heavy atom. The summed E-state index contributed by atoms with van der Waals surface area (Å²) in [5.74, 6) is 0.186. The molecule has 110 valence electrons. The molecule has 1 aliphatic rings. The molecule has 5 heteroatoms. The third-order valence-electron chi connectivity index (χ3n) is 4.20. The number of rotatable bonds is 6. The van der Waals surface area contributed by atoms with Crippen molar-refractivity contribution in [2.45, 2.75) is 39.5 Å². The van der Waals surface area contributed by atoms with E-state index in [1.165, 1.54) is 19.3 Å². The minimum absolute atomic E-state index is 0.339. The Labute approximate surface area is 119 Å². The first-order valence-electron chi connectivity index (χ1n) is 7.27. The number of carbonyl (C=O) groups excluding carboxylic acids is 1. The summed E-state index contributed by atoms with van der Waals surface area (Å²) in [5.41, 5.74) is 6.94. The van der Waals surface area contributed by atoms with Crippen LogP contribution in [0.4, 0.5) is 11.5 Å². The van der Waals surface area contributed by atoms with E-state index in [9.17, 15) is 4.79 Å². The monoisotopic (exact) mass is 277 g/mol. The molecular weight excluding hydrogens is 254 g/mol. The average molecular weight is 277 g/mol. The van der Waals surface area contributed by atoms with Crippen molar-refractivity contribution in [3.63, 3.8) is 0 Å². The van der Waals surface area contributed by atoms with Gasteiger partial charge in [0.2, 0.25) is 0 Å². The molecule has 1 aromatic heterocycles. The van der Waals surface area contributed by atoms with E-state index >= 15 is 0 Å². The van der Waals surface area contributed by atoms with Crippen LogP contribution in [0.3, 0.4) is 0 Å². The van der Waals surface area contributed by atoms with Crippen LogP contribution >= 0.6 is 0 Å². The summed E-state index contributed by atoms with van der Waals surface area (Å²) >= 11 is 0. The predicted molar refractivity (Wildman–Crippen MR) is 79.7 cm³/mol. The van der Waals surface area contributed by atoms with Crippen molar-refractivity contribution in [2.75, 3.05) is 24.2 Å². The minimum Gasteiger partial charge on any atom is -0.462 e. The summed E-state index contributed by atoms with van der Waals surface area (Å²) in [6, 6.07) is 1.62. The number of hydrogen-bond acceptors (Lipinski definition) is 5. The molecule has 1 heterocycles. The molecule has 0 bridgehead atoms. The molecule has 20 heavy (non-hydrogen) atoms. The van der Waals surface area contributed by atoms with Crippen molar-refractivity contribution >= 4 is 17.5 Å². The smallest absolute Gasteiger partial charge is 0.341 e. The third kappa shape index (κ3) is 3.03. The fourth-order valence-corrected chi connectivity index (χ4v) is 2.59. The van der Waals surface area contributed by atoms with E-state index in [-0.39, 0.29) is 5.97 Å². The van der Waals surface area contributed by atoms with E-state index < -0.39 is 0 Å². The minimum atomic E-state index is -0.381. The number of nitrogens with zero attached hydrogens (tertiary/aromatic N) is 1. The van der Waals surface area contributed by atoms with Crippen LogP contribution in [0.5, 0.6) is 0 Å². The number of nitrogens with two attached hydrogens (primary N) is 1. The quantitative estimate of drug-likeness (QED) is 0.782. The molecule has 0 spiro atoms. The Hall–Kier alpha value is -1.78. The second-order valence-electron chi connectivity index (χ2n) is 5.45. The largest absolute Gasteiger partial charge is 0.462 e. The molecule has 0 saturated heterocycles. The molecule has 1 aliphatic carbocycles. The molecule has 1 saturated carbocycles. The van der Waals surface area contributed by atoms with E-state index in [1.54, 1.807) is 19.2 Å². The van der Waals surface area contributed by atoms with Crippen LogP contribution in [-0.4, -0.2) is 24.1 Å². The fourth-order valence-electron chi connectivity index (χ4n) is 2.59. The van der Waals surface area contributed by atoms with Gasteiger partial charge < -0.3 is 15.8 Å². The second kappa shape index (κ2) is 6.11. The lowest BCUT2D eigenvalue weighted by molar-refractivity contribution is 0.0527. The highest BCUT2D eigenvalue weighted by atomic mass is 16.5. The van der Waals surface area contributed by atoms with Crippen molar-refractivity contribution in [1.82, 2.24) is 4.98 Å². The van der Waals surface area contributed by atoms with E-state index in [0.29, 0.717) is 29.1 Å². The van der Waals surface area contributed by atoms with Gasteiger partial charge in [0, 0.05) is 6.54 Å². The van der Waals surface area contributed by atoms with Gasteiger partial charge in [-0.05, 0) is 37.7 Å². The molecule has 3 N–H and O–H groups in total. The molecule has 0 radical (unpaired) electrons. The summed E-state index contributed by atoms with van der Waals surface area (Å²) in [6.07, 6.45) is 6.46. The van der Waals surface area contributed by atoms with Gasteiger partial charge in [0.15, 0.2) is 0 Å². The van der Waals surface area contributed by atoms with Gasteiger partial charge in [0.1, 0.15) is 11.4 Å². The zero-order valence-electron chi connectivity index (χ0n) is 12.2. The Morgan fingerprint density at radius 2 is 2.25 bits per heavy atom. The molecule has 1 fully saturated rings. The van der Waals surface area contributed by atoms with Gasteiger partial charge in [0.25, 0.3) is 0 Å². The Kier molecular flexibility index (Phi) is 4.47. The van der Waals surface area contributed by atoms with Gasteiger partial charge in [-0.1, -0.05) is 13.3 Å². The number of pyridine rings is 1. The first-order valence-corrected chi connectivity index (χ1v) is 7.27. The van der Waals surface area contributed by atoms with Crippen LogP contribution < -0.4 is 11.1 Å². The molecule has 0 atom stereocenters. The second-order valence-corrected chi connectivity index (χ2v) is 5.45. The highest BCUT2D eigenvalue weighted by Crippen LogP contribution is 2.43. The van der Waals surface area contributed by atoms with Crippen LogP contribution in [0.25, 0.3) is 0 Å². The number of anilines is 2. The number of nitrogen functional groups attached to an aromatic ring is 1. The van der Waals surface area contributed by atoms with Crippen LogP contribution in [0.15, 0.2) is 12.3 Å². The van der Waals surface area contributed by atoms with Crippen molar-refractivity contribution in [2.24, 2.45) is 5.41 Å². The average Bonchev–Trinajstić information content (AvgIpc) is 2.39. The molecule has 0 unspecified atom stereocenters. The first-order chi connectivity index (χ1) is 9.60. The van der Waals surface area contributed by atoms with Gasteiger partial charge in [-0.2, -0.15) is 0 Å². The van der Waals surface area contributed by atoms with Crippen molar-refractivity contribution in [1.29, 1.82) is 0 Å². The molecule has 0 aromatic carbocycles. The molecular formula is C15H23N3O2. The number of ether oxygens (including phenoxy) is 1. The van der Waals surface area contributed by atoms with Crippen LogP contribution in [0, 0.1) is 5.41 Å². The summed E-state index contributed by atoms with van der Waals surface area (Å²) in [5, 5.41) is 3.31. The van der Waals surface area contributed by atoms with Gasteiger partial charge >= 0.3 is 5.97 Å². The lowest BCUT2D eigenvalue weighted by Gasteiger charge is -2.41. The van der Waals surface area contributed by atoms with E-state index in [1.807, 2.05) is 0 Å². The molecule has 0 aliphatic heterocycles. The topological polar surface area (TPSA) is 77.2 Å². The molecule has 0 amide bonds. The van der Waals surface area contributed by atoms with Gasteiger partial charge in [0.05, 0.1) is 18.5 Å². The van der Waals surface area contributed by atoms with Crippen LogP contribution in [0.1, 0.15) is 49.9 Å². The van der Waals surface area contributed by atoms with Gasteiger partial charge in [-0.25, -0.2) is 9.78 Å². The van der Waals surface area contributed by atoms with Crippen molar-refractivity contribution in [3.8, 4) is 0 Å². The lowest BCUT2D eigenvalue weighted by atomic mass is 9.67. The number of esters is 1. The predicted octanol–water partition coefficient (Wildman–Crippen LogP) is 2.83. The Bertz CT molecular complexity index is 478. The van der Waals surface area contributed by atoms with Crippen molar-refractivity contribution in [3.05, 3.63) is 17.8 Å². The Morgan fingerprint density at radius 1 is 1.50 bits per heavy atom. The Balaban J connectivity index is 2.12. The highest BCUT2D eigenvalue weighted by Gasteiger charge is 2.35. The molecule has 2 rings (SSSR count). The van der Waals surface area contributed by atoms with E-state index in [4.69, 9.17) is 10.5 Å².